The lowest BCUT2D eigenvalue weighted by molar-refractivity contribution is 0.211. The number of allylic oxidation sites excluding steroid dienone is 2. The summed E-state index contributed by atoms with van der Waals surface area (Å²) in [7, 11) is 0. The molecule has 0 aliphatic rings. The van der Waals surface area contributed by atoms with Crippen molar-refractivity contribution in [2.75, 3.05) is 13.2 Å². The second-order valence-corrected chi connectivity index (χ2v) is 2.64. The largest absolute Gasteiger partial charge is 0.494 e. The fraction of sp³-hybridized carbons (Fsp3) is 0.500. The molecule has 0 N–H and O–H groups in total. The zero-order chi connectivity index (χ0) is 11.0. The SMILES string of the molecule is C=C(OCC)C(=C/C)/C(=C/C)OCC. The van der Waals surface area contributed by atoms with Crippen molar-refractivity contribution in [3.63, 3.8) is 0 Å². The van der Waals surface area contributed by atoms with E-state index in [9.17, 15) is 0 Å². The van der Waals surface area contributed by atoms with E-state index in [1.54, 1.807) is 0 Å². The van der Waals surface area contributed by atoms with Crippen molar-refractivity contribution >= 4 is 0 Å². The van der Waals surface area contributed by atoms with Crippen molar-refractivity contribution in [3.8, 4) is 0 Å². The minimum Gasteiger partial charge on any atom is -0.494 e. The second-order valence-electron chi connectivity index (χ2n) is 2.64. The van der Waals surface area contributed by atoms with Crippen molar-refractivity contribution in [3.05, 3.63) is 35.8 Å². The van der Waals surface area contributed by atoms with Gasteiger partial charge in [0.25, 0.3) is 0 Å². The van der Waals surface area contributed by atoms with E-state index in [1.807, 2.05) is 39.8 Å². The first-order valence-corrected chi connectivity index (χ1v) is 4.99. The molecule has 0 aromatic rings. The van der Waals surface area contributed by atoms with Gasteiger partial charge in [-0.25, -0.2) is 0 Å². The molecule has 0 heterocycles. The third kappa shape index (κ3) is 3.69. The van der Waals surface area contributed by atoms with Gasteiger partial charge in [0.05, 0.1) is 18.8 Å². The highest BCUT2D eigenvalue weighted by Gasteiger charge is 2.08. The summed E-state index contributed by atoms with van der Waals surface area (Å²) in [6.07, 6.45) is 3.87. The van der Waals surface area contributed by atoms with E-state index in [-0.39, 0.29) is 0 Å². The normalized spacial score (nSPS) is 12.6. The van der Waals surface area contributed by atoms with Gasteiger partial charge in [0.1, 0.15) is 11.5 Å². The molecule has 0 saturated heterocycles. The predicted octanol–water partition coefficient (Wildman–Crippen LogP) is 3.42. The van der Waals surface area contributed by atoms with Gasteiger partial charge in [-0.3, -0.25) is 0 Å². The smallest absolute Gasteiger partial charge is 0.125 e. The standard InChI is InChI=1S/C12H20O2/c1-6-11(10(5)13-8-3)12(7-2)14-9-4/h6-7H,5,8-9H2,1-4H3/b11-6-,12-7-. The third-order valence-electron chi connectivity index (χ3n) is 1.74. The summed E-state index contributed by atoms with van der Waals surface area (Å²) in [5.74, 6) is 1.49. The highest BCUT2D eigenvalue weighted by molar-refractivity contribution is 5.38. The van der Waals surface area contributed by atoms with E-state index < -0.39 is 0 Å². The van der Waals surface area contributed by atoms with Crippen molar-refractivity contribution in [2.24, 2.45) is 0 Å². The van der Waals surface area contributed by atoms with Gasteiger partial charge in [0.15, 0.2) is 0 Å². The van der Waals surface area contributed by atoms with Gasteiger partial charge in [-0.15, -0.1) is 0 Å². The van der Waals surface area contributed by atoms with Crippen LogP contribution in [0.3, 0.4) is 0 Å². The van der Waals surface area contributed by atoms with Gasteiger partial charge in [-0.05, 0) is 33.8 Å². The molecule has 0 aromatic heterocycles. The molecule has 0 spiro atoms. The molecule has 0 bridgehead atoms. The third-order valence-corrected chi connectivity index (χ3v) is 1.74. The lowest BCUT2D eigenvalue weighted by Crippen LogP contribution is -2.01. The lowest BCUT2D eigenvalue weighted by atomic mass is 10.1. The summed E-state index contributed by atoms with van der Waals surface area (Å²) >= 11 is 0. The molecule has 2 heteroatoms. The molecule has 14 heavy (non-hydrogen) atoms. The van der Waals surface area contributed by atoms with Crippen LogP contribution in [-0.2, 0) is 9.47 Å². The Hall–Kier alpha value is -1.18. The van der Waals surface area contributed by atoms with Gasteiger partial charge >= 0.3 is 0 Å². The van der Waals surface area contributed by atoms with E-state index in [4.69, 9.17) is 9.47 Å². The fourth-order valence-electron chi connectivity index (χ4n) is 1.16. The first kappa shape index (κ1) is 12.8. The van der Waals surface area contributed by atoms with Crippen LogP contribution in [0.5, 0.6) is 0 Å². The van der Waals surface area contributed by atoms with Gasteiger partial charge in [0.2, 0.25) is 0 Å². The molecule has 0 amide bonds. The summed E-state index contributed by atoms with van der Waals surface area (Å²) < 4.78 is 10.8. The highest BCUT2D eigenvalue weighted by atomic mass is 16.5. The Balaban J connectivity index is 4.63. The quantitative estimate of drug-likeness (QED) is 0.478. The topological polar surface area (TPSA) is 18.5 Å². The summed E-state index contributed by atoms with van der Waals surface area (Å²) in [6, 6.07) is 0. The van der Waals surface area contributed by atoms with Gasteiger partial charge < -0.3 is 9.47 Å². The van der Waals surface area contributed by atoms with E-state index in [2.05, 4.69) is 6.58 Å². The van der Waals surface area contributed by atoms with Gasteiger partial charge in [0, 0.05) is 0 Å². The molecule has 0 rings (SSSR count). The van der Waals surface area contributed by atoms with E-state index in [0.29, 0.717) is 19.0 Å². The summed E-state index contributed by atoms with van der Waals surface area (Å²) in [5.41, 5.74) is 0.927. The zero-order valence-electron chi connectivity index (χ0n) is 9.59. The predicted molar refractivity (Wildman–Crippen MR) is 59.9 cm³/mol. The van der Waals surface area contributed by atoms with Crippen LogP contribution < -0.4 is 0 Å². The average Bonchev–Trinajstić information content (AvgIpc) is 2.18. The number of hydrogen-bond acceptors (Lipinski definition) is 2. The summed E-state index contributed by atoms with van der Waals surface area (Å²) in [4.78, 5) is 0. The van der Waals surface area contributed by atoms with Crippen LogP contribution in [0.4, 0.5) is 0 Å². The maximum absolute atomic E-state index is 5.46. The van der Waals surface area contributed by atoms with E-state index >= 15 is 0 Å². The van der Waals surface area contributed by atoms with Crippen LogP contribution >= 0.6 is 0 Å². The fourth-order valence-corrected chi connectivity index (χ4v) is 1.16. The number of hydrogen-bond donors (Lipinski definition) is 0. The first-order chi connectivity index (χ1) is 6.71. The second kappa shape index (κ2) is 7.25. The van der Waals surface area contributed by atoms with Crippen molar-refractivity contribution in [2.45, 2.75) is 27.7 Å². The molecular formula is C12H20O2. The van der Waals surface area contributed by atoms with Crippen LogP contribution in [0.15, 0.2) is 35.8 Å². The Labute approximate surface area is 86.9 Å². The Bertz CT molecular complexity index is 237. The zero-order valence-corrected chi connectivity index (χ0v) is 9.59. The molecule has 0 aromatic carbocycles. The Kier molecular flexibility index (Phi) is 6.63. The molecular weight excluding hydrogens is 176 g/mol. The van der Waals surface area contributed by atoms with Crippen molar-refractivity contribution < 1.29 is 9.47 Å². The number of rotatable bonds is 6. The molecule has 0 aliphatic carbocycles. The summed E-state index contributed by atoms with van der Waals surface area (Å²) in [5, 5.41) is 0. The molecule has 0 atom stereocenters. The maximum Gasteiger partial charge on any atom is 0.125 e. The van der Waals surface area contributed by atoms with Gasteiger partial charge in [-0.1, -0.05) is 12.7 Å². The molecule has 0 aliphatic heterocycles. The molecule has 80 valence electrons. The van der Waals surface area contributed by atoms with Gasteiger partial charge in [-0.2, -0.15) is 0 Å². The molecule has 0 radical (unpaired) electrons. The summed E-state index contributed by atoms with van der Waals surface area (Å²) in [6.45, 7) is 12.9. The van der Waals surface area contributed by atoms with Crippen LogP contribution in [0.2, 0.25) is 0 Å². The van der Waals surface area contributed by atoms with E-state index in [0.717, 1.165) is 11.3 Å². The Morgan fingerprint density at radius 3 is 2.00 bits per heavy atom. The Morgan fingerprint density at radius 2 is 1.64 bits per heavy atom. The van der Waals surface area contributed by atoms with Crippen LogP contribution in [0.1, 0.15) is 27.7 Å². The minimum atomic E-state index is 0.624. The van der Waals surface area contributed by atoms with Crippen LogP contribution in [0, 0.1) is 0 Å². The van der Waals surface area contributed by atoms with Crippen LogP contribution in [0.25, 0.3) is 0 Å². The molecule has 0 fully saturated rings. The first-order valence-electron chi connectivity index (χ1n) is 4.99. The maximum atomic E-state index is 5.46. The highest BCUT2D eigenvalue weighted by Crippen LogP contribution is 2.20. The minimum absolute atomic E-state index is 0.624. The number of ether oxygens (including phenoxy) is 2. The average molecular weight is 196 g/mol. The lowest BCUT2D eigenvalue weighted by Gasteiger charge is -2.14. The Morgan fingerprint density at radius 1 is 1.07 bits per heavy atom. The van der Waals surface area contributed by atoms with Crippen LogP contribution in [-0.4, -0.2) is 13.2 Å². The molecule has 2 nitrogen and oxygen atoms in total. The molecule has 0 unspecified atom stereocenters. The molecule has 0 saturated carbocycles. The van der Waals surface area contributed by atoms with Crippen molar-refractivity contribution in [1.82, 2.24) is 0 Å². The van der Waals surface area contributed by atoms with E-state index in [1.165, 1.54) is 0 Å². The monoisotopic (exact) mass is 196 g/mol. The van der Waals surface area contributed by atoms with Crippen molar-refractivity contribution in [1.29, 1.82) is 0 Å².